The highest BCUT2D eigenvalue weighted by Crippen LogP contribution is 2.08. The minimum atomic E-state index is 0.757. The van der Waals surface area contributed by atoms with E-state index in [0.29, 0.717) is 0 Å². The minimum absolute atomic E-state index is 0.757. The van der Waals surface area contributed by atoms with E-state index in [1.165, 1.54) is 5.69 Å². The molecule has 2 nitrogen and oxygen atoms in total. The number of nitrogens with zero attached hydrogens (tertiary/aromatic N) is 2. The standard InChI is InChI=1S/C9H14N2S2/c1-4-13-9(12)6-11-8(3)5-7(2)10-11/h5H,4,6H2,1-3H3. The second kappa shape index (κ2) is 4.77. The van der Waals surface area contributed by atoms with Crippen molar-refractivity contribution in [3.05, 3.63) is 17.5 Å². The van der Waals surface area contributed by atoms with E-state index >= 15 is 0 Å². The summed E-state index contributed by atoms with van der Waals surface area (Å²) in [7, 11) is 0. The Labute approximate surface area is 88.7 Å². The Kier molecular flexibility index (Phi) is 3.93. The molecule has 1 heterocycles. The van der Waals surface area contributed by atoms with Crippen LogP contribution in [0.4, 0.5) is 0 Å². The van der Waals surface area contributed by atoms with Gasteiger partial charge in [0.1, 0.15) is 0 Å². The van der Waals surface area contributed by atoms with Gasteiger partial charge in [0.15, 0.2) is 0 Å². The van der Waals surface area contributed by atoms with Gasteiger partial charge in [-0.05, 0) is 25.7 Å². The maximum Gasteiger partial charge on any atom is 0.0824 e. The number of hydrogen-bond acceptors (Lipinski definition) is 3. The van der Waals surface area contributed by atoms with Crippen LogP contribution in [-0.4, -0.2) is 19.7 Å². The molecule has 0 saturated heterocycles. The van der Waals surface area contributed by atoms with E-state index in [-0.39, 0.29) is 0 Å². The zero-order valence-corrected chi connectivity index (χ0v) is 9.84. The lowest BCUT2D eigenvalue weighted by atomic mass is 10.4. The van der Waals surface area contributed by atoms with Gasteiger partial charge in [-0.25, -0.2) is 0 Å². The summed E-state index contributed by atoms with van der Waals surface area (Å²) in [5, 5.41) is 4.35. The van der Waals surface area contributed by atoms with Crippen molar-refractivity contribution in [1.82, 2.24) is 9.78 Å². The smallest absolute Gasteiger partial charge is 0.0824 e. The number of aryl methyl sites for hydroxylation is 2. The predicted molar refractivity (Wildman–Crippen MR) is 62.4 cm³/mol. The van der Waals surface area contributed by atoms with E-state index in [4.69, 9.17) is 12.2 Å². The Morgan fingerprint density at radius 1 is 1.62 bits per heavy atom. The summed E-state index contributed by atoms with van der Waals surface area (Å²) in [6.07, 6.45) is 0. The number of hydrogen-bond donors (Lipinski definition) is 0. The van der Waals surface area contributed by atoms with Crippen LogP contribution in [0.25, 0.3) is 0 Å². The average Bonchev–Trinajstić information content (AvgIpc) is 2.30. The molecule has 1 aromatic rings. The normalized spacial score (nSPS) is 10.4. The van der Waals surface area contributed by atoms with Crippen LogP contribution >= 0.6 is 24.0 Å². The average molecular weight is 214 g/mol. The van der Waals surface area contributed by atoms with E-state index in [1.54, 1.807) is 11.8 Å². The molecule has 0 atom stereocenters. The first kappa shape index (κ1) is 10.7. The third-order valence-electron chi connectivity index (χ3n) is 1.69. The maximum absolute atomic E-state index is 5.21. The van der Waals surface area contributed by atoms with Crippen molar-refractivity contribution in [3.8, 4) is 0 Å². The van der Waals surface area contributed by atoms with Crippen LogP contribution in [0.15, 0.2) is 6.07 Å². The fraction of sp³-hybridized carbons (Fsp3) is 0.556. The zero-order chi connectivity index (χ0) is 9.84. The van der Waals surface area contributed by atoms with E-state index in [0.717, 1.165) is 22.2 Å². The molecule has 0 unspecified atom stereocenters. The largest absolute Gasteiger partial charge is 0.264 e. The summed E-state index contributed by atoms with van der Waals surface area (Å²) in [5.41, 5.74) is 2.23. The van der Waals surface area contributed by atoms with E-state index in [9.17, 15) is 0 Å². The van der Waals surface area contributed by atoms with Gasteiger partial charge in [0, 0.05) is 5.69 Å². The lowest BCUT2D eigenvalue weighted by molar-refractivity contribution is 0.700. The van der Waals surface area contributed by atoms with E-state index < -0.39 is 0 Å². The first-order valence-corrected chi connectivity index (χ1v) is 5.69. The van der Waals surface area contributed by atoms with E-state index in [2.05, 4.69) is 25.0 Å². The molecular formula is C9H14N2S2. The molecule has 0 amide bonds. The van der Waals surface area contributed by atoms with Crippen molar-refractivity contribution < 1.29 is 0 Å². The highest BCUT2D eigenvalue weighted by molar-refractivity contribution is 8.23. The van der Waals surface area contributed by atoms with Gasteiger partial charge in [-0.1, -0.05) is 19.1 Å². The molecule has 13 heavy (non-hydrogen) atoms. The number of rotatable bonds is 3. The van der Waals surface area contributed by atoms with Crippen LogP contribution in [0.3, 0.4) is 0 Å². The van der Waals surface area contributed by atoms with Crippen molar-refractivity contribution in [2.45, 2.75) is 27.3 Å². The summed E-state index contributed by atoms with van der Waals surface area (Å²) >= 11 is 6.92. The summed E-state index contributed by atoms with van der Waals surface area (Å²) in [5.74, 6) is 1.04. The van der Waals surface area contributed by atoms with Crippen LogP contribution in [0, 0.1) is 13.8 Å². The number of aromatic nitrogens is 2. The zero-order valence-electron chi connectivity index (χ0n) is 8.20. The summed E-state index contributed by atoms with van der Waals surface area (Å²) in [6.45, 7) is 6.92. The van der Waals surface area contributed by atoms with Gasteiger partial charge < -0.3 is 0 Å². The first-order chi connectivity index (χ1) is 6.13. The second-order valence-electron chi connectivity index (χ2n) is 2.89. The first-order valence-electron chi connectivity index (χ1n) is 4.30. The quantitative estimate of drug-likeness (QED) is 0.720. The molecular weight excluding hydrogens is 200 g/mol. The third kappa shape index (κ3) is 3.12. The number of thioether (sulfide) groups is 1. The van der Waals surface area contributed by atoms with Crippen molar-refractivity contribution in [1.29, 1.82) is 0 Å². The molecule has 4 heteroatoms. The monoisotopic (exact) mass is 214 g/mol. The SMILES string of the molecule is CCSC(=S)Cn1nc(C)cc1C. The van der Waals surface area contributed by atoms with Crippen LogP contribution in [0.1, 0.15) is 18.3 Å². The Morgan fingerprint density at radius 3 is 2.77 bits per heavy atom. The second-order valence-corrected chi connectivity index (χ2v) is 5.00. The van der Waals surface area contributed by atoms with Crippen LogP contribution < -0.4 is 0 Å². The summed E-state index contributed by atoms with van der Waals surface area (Å²) < 4.78 is 2.97. The van der Waals surface area contributed by atoms with Crippen molar-refractivity contribution in [2.75, 3.05) is 5.75 Å². The van der Waals surface area contributed by atoms with Crippen LogP contribution in [0.2, 0.25) is 0 Å². The molecule has 0 fully saturated rings. The predicted octanol–water partition coefficient (Wildman–Crippen LogP) is 2.58. The van der Waals surface area contributed by atoms with Crippen molar-refractivity contribution in [3.63, 3.8) is 0 Å². The van der Waals surface area contributed by atoms with E-state index in [1.807, 2.05) is 11.6 Å². The minimum Gasteiger partial charge on any atom is -0.264 e. The third-order valence-corrected chi connectivity index (χ3v) is 2.91. The Balaban J connectivity index is 2.63. The Hall–Kier alpha value is -0.350. The lowest BCUT2D eigenvalue weighted by Crippen LogP contribution is -2.08. The highest BCUT2D eigenvalue weighted by atomic mass is 32.2. The van der Waals surface area contributed by atoms with Crippen molar-refractivity contribution in [2.24, 2.45) is 0 Å². The molecule has 1 rings (SSSR count). The Bertz CT molecular complexity index is 305. The van der Waals surface area contributed by atoms with Gasteiger partial charge in [0.05, 0.1) is 16.4 Å². The molecule has 0 saturated carbocycles. The number of thiocarbonyl (C=S) groups is 1. The van der Waals surface area contributed by atoms with Gasteiger partial charge in [-0.2, -0.15) is 5.10 Å². The van der Waals surface area contributed by atoms with Gasteiger partial charge in [0.25, 0.3) is 0 Å². The van der Waals surface area contributed by atoms with Gasteiger partial charge >= 0.3 is 0 Å². The highest BCUT2D eigenvalue weighted by Gasteiger charge is 2.03. The van der Waals surface area contributed by atoms with Gasteiger partial charge in [-0.3, -0.25) is 4.68 Å². The fourth-order valence-corrected chi connectivity index (χ4v) is 2.18. The van der Waals surface area contributed by atoms with Crippen LogP contribution in [0.5, 0.6) is 0 Å². The topological polar surface area (TPSA) is 17.8 Å². The fourth-order valence-electron chi connectivity index (χ4n) is 1.16. The molecule has 0 aliphatic heterocycles. The maximum atomic E-state index is 5.21. The molecule has 0 radical (unpaired) electrons. The van der Waals surface area contributed by atoms with Gasteiger partial charge in [-0.15, -0.1) is 11.8 Å². The molecule has 0 bridgehead atoms. The lowest BCUT2D eigenvalue weighted by Gasteiger charge is -2.03. The Morgan fingerprint density at radius 2 is 2.31 bits per heavy atom. The summed E-state index contributed by atoms with van der Waals surface area (Å²) in [6, 6.07) is 2.07. The molecule has 0 aromatic carbocycles. The van der Waals surface area contributed by atoms with Gasteiger partial charge in [0.2, 0.25) is 0 Å². The molecule has 1 aromatic heterocycles. The molecule has 0 spiro atoms. The van der Waals surface area contributed by atoms with Crippen molar-refractivity contribution >= 4 is 28.2 Å². The molecule has 0 aliphatic rings. The van der Waals surface area contributed by atoms with Crippen LogP contribution in [-0.2, 0) is 6.54 Å². The molecule has 0 N–H and O–H groups in total. The molecule has 72 valence electrons. The molecule has 0 aliphatic carbocycles. The summed E-state index contributed by atoms with van der Waals surface area (Å²) in [4.78, 5) is 0.